The molecule has 4 rings (SSSR count). The largest absolute Gasteiger partial charge is 0.490 e. The van der Waals surface area contributed by atoms with E-state index in [0.29, 0.717) is 36.1 Å². The summed E-state index contributed by atoms with van der Waals surface area (Å²) < 4.78 is 40.4. The number of amides is 1. The van der Waals surface area contributed by atoms with Crippen LogP contribution in [-0.2, 0) is 21.4 Å². The smallest absolute Gasteiger partial charge is 0.262 e. The maximum absolute atomic E-state index is 12.8. The minimum absolute atomic E-state index is 0.0485. The molecule has 166 valence electrons. The first kappa shape index (κ1) is 21.4. The fourth-order valence-electron chi connectivity index (χ4n) is 3.09. The van der Waals surface area contributed by atoms with Gasteiger partial charge in [-0.3, -0.25) is 14.3 Å². The summed E-state index contributed by atoms with van der Waals surface area (Å²) in [5.74, 6) is 0.527. The first-order valence-electron chi connectivity index (χ1n) is 9.89. The zero-order valence-corrected chi connectivity index (χ0v) is 17.8. The molecular weight excluding hydrogens is 434 g/mol. The van der Waals surface area contributed by atoms with Gasteiger partial charge in [-0.2, -0.15) is 0 Å². The van der Waals surface area contributed by atoms with Gasteiger partial charge in [-0.25, -0.2) is 8.42 Å². The lowest BCUT2D eigenvalue weighted by atomic mass is 10.3. The summed E-state index contributed by atoms with van der Waals surface area (Å²) in [5, 5.41) is 2.67. The second-order valence-electron chi connectivity index (χ2n) is 7.06. The Kier molecular flexibility index (Phi) is 6.13. The molecule has 0 spiro atoms. The summed E-state index contributed by atoms with van der Waals surface area (Å²) in [6.45, 7) is 0.844. The van der Waals surface area contributed by atoms with Gasteiger partial charge in [0.25, 0.3) is 15.6 Å². The number of carbonyl (C=O) groups is 1. The summed E-state index contributed by atoms with van der Waals surface area (Å²) >= 11 is 0. The van der Waals surface area contributed by atoms with E-state index in [2.05, 4.69) is 10.0 Å². The SMILES string of the molecule is O=C(Cn1ccccc1=O)Nc1ccc(NS(=O)(=O)c2ccc3c(c2)OCCCO3)cc1. The van der Waals surface area contributed by atoms with Crippen molar-refractivity contribution < 1.29 is 22.7 Å². The summed E-state index contributed by atoms with van der Waals surface area (Å²) in [4.78, 5) is 23.9. The first-order valence-corrected chi connectivity index (χ1v) is 11.4. The molecule has 9 nitrogen and oxygen atoms in total. The van der Waals surface area contributed by atoms with E-state index in [1.54, 1.807) is 30.3 Å². The van der Waals surface area contributed by atoms with Crippen molar-refractivity contribution in [3.8, 4) is 11.5 Å². The van der Waals surface area contributed by atoms with Crippen LogP contribution in [0.2, 0.25) is 0 Å². The van der Waals surface area contributed by atoms with Crippen LogP contribution in [-0.4, -0.2) is 32.1 Å². The molecule has 0 fully saturated rings. The Morgan fingerprint density at radius 2 is 1.66 bits per heavy atom. The molecule has 1 aliphatic heterocycles. The molecule has 0 unspecified atom stereocenters. The molecule has 0 bridgehead atoms. The Bertz CT molecular complexity index is 1290. The summed E-state index contributed by atoms with van der Waals surface area (Å²) in [5.41, 5.74) is 0.522. The van der Waals surface area contributed by atoms with Crippen molar-refractivity contribution in [2.75, 3.05) is 23.3 Å². The van der Waals surface area contributed by atoms with Gasteiger partial charge >= 0.3 is 0 Å². The molecule has 0 saturated carbocycles. The molecule has 32 heavy (non-hydrogen) atoms. The fraction of sp³-hybridized carbons (Fsp3) is 0.182. The second kappa shape index (κ2) is 9.15. The number of pyridine rings is 1. The van der Waals surface area contributed by atoms with Crippen molar-refractivity contribution in [2.45, 2.75) is 17.9 Å². The lowest BCUT2D eigenvalue weighted by Gasteiger charge is -2.12. The highest BCUT2D eigenvalue weighted by atomic mass is 32.2. The normalized spacial score (nSPS) is 13.1. The van der Waals surface area contributed by atoms with Crippen molar-refractivity contribution in [3.63, 3.8) is 0 Å². The van der Waals surface area contributed by atoms with Crippen LogP contribution in [0.25, 0.3) is 0 Å². The average molecular weight is 455 g/mol. The van der Waals surface area contributed by atoms with Gasteiger partial charge in [0.05, 0.1) is 18.1 Å². The Labute approximate surface area is 184 Å². The number of benzene rings is 2. The Morgan fingerprint density at radius 1 is 0.938 bits per heavy atom. The number of sulfonamides is 1. The lowest BCUT2D eigenvalue weighted by molar-refractivity contribution is -0.116. The highest BCUT2D eigenvalue weighted by molar-refractivity contribution is 7.92. The van der Waals surface area contributed by atoms with E-state index in [4.69, 9.17) is 9.47 Å². The second-order valence-corrected chi connectivity index (χ2v) is 8.74. The van der Waals surface area contributed by atoms with Gasteiger partial charge in [0, 0.05) is 36.1 Å². The molecule has 1 aliphatic rings. The molecule has 10 heteroatoms. The van der Waals surface area contributed by atoms with Crippen molar-refractivity contribution in [3.05, 3.63) is 77.2 Å². The van der Waals surface area contributed by atoms with E-state index < -0.39 is 10.0 Å². The molecular formula is C22H21N3O6S. The number of anilines is 2. The van der Waals surface area contributed by atoms with Crippen molar-refractivity contribution in [1.82, 2.24) is 4.57 Å². The topological polar surface area (TPSA) is 116 Å². The highest BCUT2D eigenvalue weighted by Crippen LogP contribution is 2.32. The molecule has 1 aromatic heterocycles. The van der Waals surface area contributed by atoms with Crippen molar-refractivity contribution >= 4 is 27.3 Å². The number of fused-ring (bicyclic) bond motifs is 1. The van der Waals surface area contributed by atoms with E-state index in [1.807, 2.05) is 0 Å². The number of carbonyl (C=O) groups excluding carboxylic acids is 1. The molecule has 0 saturated heterocycles. The van der Waals surface area contributed by atoms with Gasteiger partial charge in [-0.1, -0.05) is 6.07 Å². The number of rotatable bonds is 6. The molecule has 2 N–H and O–H groups in total. The Hall–Kier alpha value is -3.79. The minimum Gasteiger partial charge on any atom is -0.490 e. The summed E-state index contributed by atoms with van der Waals surface area (Å²) in [6, 6.07) is 15.3. The number of hydrogen-bond donors (Lipinski definition) is 2. The lowest BCUT2D eigenvalue weighted by Crippen LogP contribution is -2.26. The van der Waals surface area contributed by atoms with E-state index in [1.165, 1.54) is 41.1 Å². The third-order valence-electron chi connectivity index (χ3n) is 4.66. The van der Waals surface area contributed by atoms with Crippen LogP contribution in [0.15, 0.2) is 76.6 Å². The van der Waals surface area contributed by atoms with Crippen LogP contribution in [0, 0.1) is 0 Å². The van der Waals surface area contributed by atoms with E-state index in [-0.39, 0.29) is 22.9 Å². The quantitative estimate of drug-likeness (QED) is 0.590. The zero-order valence-electron chi connectivity index (χ0n) is 17.0. The molecule has 0 radical (unpaired) electrons. The van der Waals surface area contributed by atoms with Gasteiger partial charge in [0.2, 0.25) is 5.91 Å². The van der Waals surface area contributed by atoms with Gasteiger partial charge < -0.3 is 19.4 Å². The highest BCUT2D eigenvalue weighted by Gasteiger charge is 2.19. The standard InChI is InChI=1S/C22H21N3O6S/c26-21(15-25-11-2-1-4-22(25)27)23-16-5-7-17(8-6-16)24-32(28,29)18-9-10-19-20(14-18)31-13-3-12-30-19/h1-2,4-11,14,24H,3,12-13,15H2,(H,23,26). The van der Waals surface area contributed by atoms with Gasteiger partial charge in [-0.15, -0.1) is 0 Å². The van der Waals surface area contributed by atoms with Gasteiger partial charge in [0.15, 0.2) is 11.5 Å². The molecule has 2 heterocycles. The molecule has 0 atom stereocenters. The van der Waals surface area contributed by atoms with Crippen LogP contribution < -0.4 is 25.1 Å². The number of nitrogens with one attached hydrogen (secondary N) is 2. The van der Waals surface area contributed by atoms with Gasteiger partial charge in [-0.05, 0) is 42.5 Å². The minimum atomic E-state index is -3.85. The van der Waals surface area contributed by atoms with Crippen LogP contribution in [0.3, 0.4) is 0 Å². The summed E-state index contributed by atoms with van der Waals surface area (Å²) in [6.07, 6.45) is 2.25. The number of ether oxygens (including phenoxy) is 2. The van der Waals surface area contributed by atoms with E-state index in [9.17, 15) is 18.0 Å². The van der Waals surface area contributed by atoms with Crippen LogP contribution in [0.5, 0.6) is 11.5 Å². The molecule has 1 amide bonds. The van der Waals surface area contributed by atoms with Crippen LogP contribution in [0.1, 0.15) is 6.42 Å². The zero-order chi connectivity index (χ0) is 22.6. The van der Waals surface area contributed by atoms with Crippen LogP contribution >= 0.6 is 0 Å². The Balaban J connectivity index is 1.42. The third-order valence-corrected chi connectivity index (χ3v) is 6.04. The number of hydrogen-bond acceptors (Lipinski definition) is 6. The number of nitrogens with zero attached hydrogens (tertiary/aromatic N) is 1. The summed E-state index contributed by atoms with van der Waals surface area (Å²) in [7, 11) is -3.85. The van der Waals surface area contributed by atoms with E-state index >= 15 is 0 Å². The van der Waals surface area contributed by atoms with Crippen molar-refractivity contribution in [2.24, 2.45) is 0 Å². The first-order chi connectivity index (χ1) is 15.4. The maximum Gasteiger partial charge on any atom is 0.262 e. The monoisotopic (exact) mass is 455 g/mol. The maximum atomic E-state index is 12.8. The molecule has 3 aromatic rings. The fourth-order valence-corrected chi connectivity index (χ4v) is 4.17. The van der Waals surface area contributed by atoms with Gasteiger partial charge in [0.1, 0.15) is 6.54 Å². The van der Waals surface area contributed by atoms with Crippen LogP contribution in [0.4, 0.5) is 11.4 Å². The molecule has 2 aromatic carbocycles. The number of aromatic nitrogens is 1. The Morgan fingerprint density at radius 3 is 2.41 bits per heavy atom. The predicted octanol–water partition coefficient (Wildman–Crippen LogP) is 2.45. The van der Waals surface area contributed by atoms with E-state index in [0.717, 1.165) is 6.42 Å². The molecule has 0 aliphatic carbocycles. The predicted molar refractivity (Wildman–Crippen MR) is 119 cm³/mol. The average Bonchev–Trinajstić information content (AvgIpc) is 3.01. The third kappa shape index (κ3) is 5.09. The van der Waals surface area contributed by atoms with Crippen molar-refractivity contribution in [1.29, 1.82) is 0 Å².